The fourth-order valence-electron chi connectivity index (χ4n) is 1.29. The van der Waals surface area contributed by atoms with Gasteiger partial charge in [-0.1, -0.05) is 11.6 Å². The lowest BCUT2D eigenvalue weighted by atomic mass is 10.1. The molecular formula is C11H16ClN3O2. The quantitative estimate of drug-likeness (QED) is 0.744. The number of nitrogens with one attached hydrogen (secondary N) is 2. The van der Waals surface area contributed by atoms with E-state index in [1.165, 1.54) is 0 Å². The molecule has 0 radical (unpaired) electrons. The maximum Gasteiger partial charge on any atom is 0.253 e. The zero-order valence-corrected chi connectivity index (χ0v) is 10.6. The van der Waals surface area contributed by atoms with Gasteiger partial charge in [-0.05, 0) is 19.1 Å². The summed E-state index contributed by atoms with van der Waals surface area (Å²) in [5, 5.41) is 5.10. The van der Waals surface area contributed by atoms with E-state index in [-0.39, 0.29) is 30.8 Å². The van der Waals surface area contributed by atoms with Gasteiger partial charge in [0.15, 0.2) is 0 Å². The summed E-state index contributed by atoms with van der Waals surface area (Å²) in [6.07, 6.45) is 0. The van der Waals surface area contributed by atoms with Gasteiger partial charge < -0.3 is 16.4 Å². The Morgan fingerprint density at radius 3 is 2.53 bits per heavy atom. The van der Waals surface area contributed by atoms with Gasteiger partial charge in [-0.15, -0.1) is 12.4 Å². The third-order valence-electron chi connectivity index (χ3n) is 2.11. The van der Waals surface area contributed by atoms with Gasteiger partial charge in [0, 0.05) is 7.05 Å². The molecule has 1 aromatic carbocycles. The predicted molar refractivity (Wildman–Crippen MR) is 69.5 cm³/mol. The Morgan fingerprint density at radius 2 is 2.00 bits per heavy atom. The Bertz CT molecular complexity index is 421. The number of amides is 2. The second-order valence-electron chi connectivity index (χ2n) is 3.38. The van der Waals surface area contributed by atoms with E-state index in [2.05, 4.69) is 10.6 Å². The Labute approximate surface area is 106 Å². The molecule has 0 saturated heterocycles. The van der Waals surface area contributed by atoms with Gasteiger partial charge in [-0.3, -0.25) is 9.59 Å². The van der Waals surface area contributed by atoms with Gasteiger partial charge in [0.05, 0.1) is 17.8 Å². The summed E-state index contributed by atoms with van der Waals surface area (Å²) in [6, 6.07) is 5.22. The molecule has 0 aliphatic carbocycles. The number of benzene rings is 1. The molecule has 0 heterocycles. The van der Waals surface area contributed by atoms with Gasteiger partial charge >= 0.3 is 0 Å². The SMILES string of the molecule is CNC(=O)c1cc(C)ccc1NC(=O)CN.Cl. The number of anilines is 1. The number of halogens is 1. The lowest BCUT2D eigenvalue weighted by molar-refractivity contribution is -0.114. The Morgan fingerprint density at radius 1 is 1.35 bits per heavy atom. The molecule has 0 fully saturated rings. The van der Waals surface area contributed by atoms with Crippen molar-refractivity contribution < 1.29 is 9.59 Å². The molecule has 0 aliphatic rings. The van der Waals surface area contributed by atoms with Crippen molar-refractivity contribution >= 4 is 29.9 Å². The van der Waals surface area contributed by atoms with Crippen molar-refractivity contribution in [1.82, 2.24) is 5.32 Å². The van der Waals surface area contributed by atoms with E-state index < -0.39 is 0 Å². The van der Waals surface area contributed by atoms with Gasteiger partial charge in [0.2, 0.25) is 5.91 Å². The maximum absolute atomic E-state index is 11.6. The molecule has 0 aromatic heterocycles. The van der Waals surface area contributed by atoms with Crippen LogP contribution in [0.4, 0.5) is 5.69 Å². The van der Waals surface area contributed by atoms with E-state index in [1.54, 1.807) is 19.2 Å². The topological polar surface area (TPSA) is 84.2 Å². The van der Waals surface area contributed by atoms with Crippen LogP contribution in [0.5, 0.6) is 0 Å². The minimum Gasteiger partial charge on any atom is -0.355 e. The van der Waals surface area contributed by atoms with Gasteiger partial charge in [0.1, 0.15) is 0 Å². The summed E-state index contributed by atoms with van der Waals surface area (Å²) in [4.78, 5) is 22.7. The van der Waals surface area contributed by atoms with Crippen LogP contribution in [-0.2, 0) is 4.79 Å². The molecule has 2 amide bonds. The third kappa shape index (κ3) is 4.05. The highest BCUT2D eigenvalue weighted by Gasteiger charge is 2.11. The van der Waals surface area contributed by atoms with Gasteiger partial charge in [-0.2, -0.15) is 0 Å². The number of hydrogen-bond acceptors (Lipinski definition) is 3. The van der Waals surface area contributed by atoms with E-state index >= 15 is 0 Å². The van der Waals surface area contributed by atoms with Gasteiger partial charge in [-0.25, -0.2) is 0 Å². The molecule has 0 saturated carbocycles. The lowest BCUT2D eigenvalue weighted by Crippen LogP contribution is -2.25. The number of aryl methyl sites for hydroxylation is 1. The molecule has 0 spiro atoms. The van der Waals surface area contributed by atoms with Crippen LogP contribution in [0.1, 0.15) is 15.9 Å². The van der Waals surface area contributed by atoms with Crippen molar-refractivity contribution in [3.05, 3.63) is 29.3 Å². The fraction of sp³-hybridized carbons (Fsp3) is 0.273. The molecule has 6 heteroatoms. The predicted octanol–water partition coefficient (Wildman–Crippen LogP) is 0.674. The number of hydrogen-bond donors (Lipinski definition) is 3. The summed E-state index contributed by atoms with van der Waals surface area (Å²) >= 11 is 0. The average Bonchev–Trinajstić information content (AvgIpc) is 2.30. The second-order valence-corrected chi connectivity index (χ2v) is 3.38. The zero-order chi connectivity index (χ0) is 12.1. The molecule has 4 N–H and O–H groups in total. The molecule has 0 unspecified atom stereocenters. The van der Waals surface area contributed by atoms with E-state index in [1.807, 2.05) is 13.0 Å². The first-order valence-corrected chi connectivity index (χ1v) is 4.91. The van der Waals surface area contributed by atoms with Crippen molar-refractivity contribution in [2.45, 2.75) is 6.92 Å². The van der Waals surface area contributed by atoms with Crippen molar-refractivity contribution in [3.63, 3.8) is 0 Å². The smallest absolute Gasteiger partial charge is 0.253 e. The minimum absolute atomic E-state index is 0. The Balaban J connectivity index is 0.00000256. The molecule has 17 heavy (non-hydrogen) atoms. The third-order valence-corrected chi connectivity index (χ3v) is 2.11. The van der Waals surface area contributed by atoms with Crippen LogP contribution in [0.15, 0.2) is 18.2 Å². The number of nitrogens with two attached hydrogens (primary N) is 1. The number of carbonyl (C=O) groups excluding carboxylic acids is 2. The number of rotatable bonds is 3. The van der Waals surface area contributed by atoms with Crippen LogP contribution in [0.3, 0.4) is 0 Å². The summed E-state index contributed by atoms with van der Waals surface area (Å²) in [5.74, 6) is -0.565. The van der Waals surface area contributed by atoms with Crippen molar-refractivity contribution in [2.24, 2.45) is 5.73 Å². The molecule has 5 nitrogen and oxygen atoms in total. The molecular weight excluding hydrogens is 242 g/mol. The normalized spacial score (nSPS) is 9.12. The van der Waals surface area contributed by atoms with Gasteiger partial charge in [0.25, 0.3) is 5.91 Å². The maximum atomic E-state index is 11.6. The zero-order valence-electron chi connectivity index (χ0n) is 9.74. The molecule has 1 aromatic rings. The molecule has 0 atom stereocenters. The van der Waals surface area contributed by atoms with Crippen LogP contribution in [0.25, 0.3) is 0 Å². The van der Waals surface area contributed by atoms with Crippen LogP contribution in [0, 0.1) is 6.92 Å². The highest BCUT2D eigenvalue weighted by Crippen LogP contribution is 2.17. The van der Waals surface area contributed by atoms with Crippen LogP contribution >= 0.6 is 12.4 Å². The lowest BCUT2D eigenvalue weighted by Gasteiger charge is -2.10. The monoisotopic (exact) mass is 257 g/mol. The summed E-state index contributed by atoms with van der Waals surface area (Å²) in [7, 11) is 1.54. The fourth-order valence-corrected chi connectivity index (χ4v) is 1.29. The summed E-state index contributed by atoms with van der Waals surface area (Å²) in [5.41, 5.74) is 7.05. The highest BCUT2D eigenvalue weighted by molar-refractivity contribution is 6.04. The van der Waals surface area contributed by atoms with Crippen LogP contribution < -0.4 is 16.4 Å². The number of carbonyl (C=O) groups is 2. The minimum atomic E-state index is -0.325. The Hall–Kier alpha value is -1.59. The average molecular weight is 258 g/mol. The largest absolute Gasteiger partial charge is 0.355 e. The Kier molecular flexibility index (Phi) is 6.23. The van der Waals surface area contributed by atoms with Crippen LogP contribution in [0.2, 0.25) is 0 Å². The first kappa shape index (κ1) is 15.4. The first-order chi connectivity index (χ1) is 7.58. The molecule has 0 aliphatic heterocycles. The summed E-state index contributed by atoms with van der Waals surface area (Å²) in [6.45, 7) is 1.77. The molecule has 94 valence electrons. The van der Waals surface area contributed by atoms with E-state index in [9.17, 15) is 9.59 Å². The first-order valence-electron chi connectivity index (χ1n) is 4.91. The highest BCUT2D eigenvalue weighted by atomic mass is 35.5. The second kappa shape index (κ2) is 6.88. The van der Waals surface area contributed by atoms with Crippen LogP contribution in [-0.4, -0.2) is 25.4 Å². The van der Waals surface area contributed by atoms with E-state index in [0.29, 0.717) is 11.3 Å². The van der Waals surface area contributed by atoms with E-state index in [4.69, 9.17) is 5.73 Å². The van der Waals surface area contributed by atoms with E-state index in [0.717, 1.165) is 5.56 Å². The van der Waals surface area contributed by atoms with Crippen molar-refractivity contribution in [1.29, 1.82) is 0 Å². The van der Waals surface area contributed by atoms with Crippen molar-refractivity contribution in [2.75, 3.05) is 18.9 Å². The molecule has 0 bridgehead atoms. The summed E-state index contributed by atoms with van der Waals surface area (Å²) < 4.78 is 0. The molecule has 1 rings (SSSR count). The van der Waals surface area contributed by atoms with Crippen molar-refractivity contribution in [3.8, 4) is 0 Å². The standard InChI is InChI=1S/C11H15N3O2.ClH/c1-7-3-4-9(14-10(15)6-12)8(5-7)11(16)13-2;/h3-5H,6,12H2,1-2H3,(H,13,16)(H,14,15);1H.